The summed E-state index contributed by atoms with van der Waals surface area (Å²) in [4.78, 5) is 2.49. The molecule has 6 aromatic carbocycles. The molecule has 7 aromatic rings. The molecule has 2 aliphatic carbocycles. The molecule has 0 fully saturated rings. The summed E-state index contributed by atoms with van der Waals surface area (Å²) >= 11 is 0. The molecular weight excluding hydrogens is 691 g/mol. The molecule has 0 saturated carbocycles. The van der Waals surface area contributed by atoms with Crippen molar-refractivity contribution in [1.82, 2.24) is 0 Å². The smallest absolute Gasteiger partial charge is 0.137 e. The second-order valence-electron chi connectivity index (χ2n) is 21.2. The van der Waals surface area contributed by atoms with E-state index in [1.165, 1.54) is 77.5 Å². The Bertz CT molecular complexity index is 2800. The number of rotatable bonds is 3. The number of aryl methyl sites for hydroxylation is 1. The maximum atomic E-state index is 6.95. The molecule has 0 atom stereocenters. The van der Waals surface area contributed by atoms with Gasteiger partial charge in [-0.1, -0.05) is 151 Å². The van der Waals surface area contributed by atoms with Gasteiger partial charge in [0.25, 0.3) is 0 Å². The first-order valence-corrected chi connectivity index (χ1v) is 20.9. The molecule has 0 amide bonds. The molecule has 0 saturated heterocycles. The molecule has 1 aromatic heterocycles. The second kappa shape index (κ2) is 12.0. The van der Waals surface area contributed by atoms with E-state index in [9.17, 15) is 0 Å². The highest BCUT2D eigenvalue weighted by atomic mass is 16.3. The Balaban J connectivity index is 1.28. The first-order chi connectivity index (χ1) is 26.6. The van der Waals surface area contributed by atoms with Gasteiger partial charge in [0.2, 0.25) is 0 Å². The molecule has 2 aliphatic rings. The highest BCUT2D eigenvalue weighted by Crippen LogP contribution is 2.54. The minimum atomic E-state index is -0.152. The van der Waals surface area contributed by atoms with Gasteiger partial charge < -0.3 is 9.32 Å². The van der Waals surface area contributed by atoms with E-state index in [4.69, 9.17) is 4.42 Å². The van der Waals surface area contributed by atoms with Gasteiger partial charge in [-0.25, -0.2) is 0 Å². The molecule has 9 rings (SSSR count). The van der Waals surface area contributed by atoms with Crippen molar-refractivity contribution in [3.63, 3.8) is 0 Å². The van der Waals surface area contributed by atoms with Crippen LogP contribution in [-0.4, -0.2) is 0 Å². The number of fused-ring (bicyclic) bond motifs is 9. The summed E-state index contributed by atoms with van der Waals surface area (Å²) in [5.74, 6) is 0. The first-order valence-electron chi connectivity index (χ1n) is 20.9. The third-order valence-corrected chi connectivity index (χ3v) is 13.4. The zero-order valence-electron chi connectivity index (χ0n) is 36.7. The molecule has 0 N–H and O–H groups in total. The Labute approximate surface area is 340 Å². The highest BCUT2D eigenvalue weighted by molar-refractivity contribution is 6.09. The molecule has 0 spiro atoms. The summed E-state index contributed by atoms with van der Waals surface area (Å²) in [5, 5.41) is 2.41. The monoisotopic (exact) mass is 749 g/mol. The Morgan fingerprint density at radius 2 is 1.00 bits per heavy atom. The standard InChI is InChI=1S/C55H59NO/c1-32-25-41-48(57-49-28-34(52(5,6)7)27-46(50(41)49)53(8,9)10)31-47(32)56(35-20-23-39-37-17-15-16-18-42(37)54(11,12)44(39)29-35)36-21-24-40-38-22-19-33(51(2,3)4)26-43(38)55(13,14)45(40)30-36/h15-31H,1-14H3. The lowest BCUT2D eigenvalue weighted by atomic mass is 9.78. The van der Waals surface area contributed by atoms with E-state index in [0.29, 0.717) is 0 Å². The quantitative estimate of drug-likeness (QED) is 0.179. The largest absolute Gasteiger partial charge is 0.456 e. The molecule has 0 unspecified atom stereocenters. The minimum Gasteiger partial charge on any atom is -0.456 e. The van der Waals surface area contributed by atoms with E-state index in [1.807, 2.05) is 0 Å². The lowest BCUT2D eigenvalue weighted by molar-refractivity contribution is 0.569. The van der Waals surface area contributed by atoms with Crippen molar-refractivity contribution >= 4 is 39.0 Å². The SMILES string of the molecule is Cc1cc2c(cc1N(c1ccc3c(c1)C(C)(C)c1ccccc1-3)c1ccc3c(c1)C(C)(C)c1cc(C(C)(C)C)ccc1-3)oc1cc(C(C)(C)C)cc(C(C)(C)C)c12. The first kappa shape index (κ1) is 37.5. The zero-order valence-corrected chi connectivity index (χ0v) is 36.7. The van der Waals surface area contributed by atoms with Gasteiger partial charge in [0.15, 0.2) is 0 Å². The summed E-state index contributed by atoms with van der Waals surface area (Å²) in [6, 6.07) is 39.8. The molecule has 0 radical (unpaired) electrons. The van der Waals surface area contributed by atoms with Crippen molar-refractivity contribution in [3.8, 4) is 22.3 Å². The van der Waals surface area contributed by atoms with Gasteiger partial charge in [-0.2, -0.15) is 0 Å². The van der Waals surface area contributed by atoms with E-state index >= 15 is 0 Å². The topological polar surface area (TPSA) is 16.4 Å². The molecule has 2 nitrogen and oxygen atoms in total. The zero-order chi connectivity index (χ0) is 40.8. The van der Waals surface area contributed by atoms with Gasteiger partial charge >= 0.3 is 0 Å². The molecule has 0 bridgehead atoms. The summed E-state index contributed by atoms with van der Waals surface area (Å²) in [6.45, 7) is 32.6. The fourth-order valence-corrected chi connectivity index (χ4v) is 9.90. The molecule has 57 heavy (non-hydrogen) atoms. The van der Waals surface area contributed by atoms with Gasteiger partial charge in [-0.15, -0.1) is 0 Å². The maximum Gasteiger partial charge on any atom is 0.137 e. The van der Waals surface area contributed by atoms with Crippen molar-refractivity contribution in [1.29, 1.82) is 0 Å². The van der Waals surface area contributed by atoms with Gasteiger partial charge in [0, 0.05) is 39.0 Å². The van der Waals surface area contributed by atoms with Crippen LogP contribution in [0.25, 0.3) is 44.2 Å². The number of hydrogen-bond donors (Lipinski definition) is 0. The van der Waals surface area contributed by atoms with Crippen LogP contribution in [0.3, 0.4) is 0 Å². The molecule has 2 heteroatoms. The normalized spacial score (nSPS) is 15.5. The van der Waals surface area contributed by atoms with E-state index in [2.05, 4.69) is 205 Å². The average molecular weight is 750 g/mol. The fraction of sp³-hybridized carbons (Fsp3) is 0.345. The van der Waals surface area contributed by atoms with Gasteiger partial charge in [0.05, 0.1) is 5.69 Å². The van der Waals surface area contributed by atoms with Crippen LogP contribution in [0, 0.1) is 6.92 Å². The van der Waals surface area contributed by atoms with E-state index in [1.54, 1.807) is 0 Å². The predicted molar refractivity (Wildman–Crippen MR) is 244 cm³/mol. The molecule has 290 valence electrons. The van der Waals surface area contributed by atoms with Crippen LogP contribution in [0.1, 0.15) is 135 Å². The van der Waals surface area contributed by atoms with Crippen LogP contribution in [0.15, 0.2) is 108 Å². The van der Waals surface area contributed by atoms with Crippen molar-refractivity contribution in [3.05, 3.63) is 148 Å². The van der Waals surface area contributed by atoms with Crippen LogP contribution < -0.4 is 4.90 Å². The number of anilines is 3. The van der Waals surface area contributed by atoms with Crippen molar-refractivity contribution in [2.75, 3.05) is 4.90 Å². The maximum absolute atomic E-state index is 6.95. The van der Waals surface area contributed by atoms with Crippen molar-refractivity contribution in [2.45, 2.75) is 124 Å². The minimum absolute atomic E-state index is 0.00135. The third-order valence-electron chi connectivity index (χ3n) is 13.4. The summed E-state index contributed by atoms with van der Waals surface area (Å²) in [6.07, 6.45) is 0. The lowest BCUT2D eigenvalue weighted by Gasteiger charge is -2.31. The molecular formula is C55H59NO. The summed E-state index contributed by atoms with van der Waals surface area (Å²) < 4.78 is 6.95. The molecule has 1 heterocycles. The Morgan fingerprint density at radius 3 is 1.58 bits per heavy atom. The lowest BCUT2D eigenvalue weighted by Crippen LogP contribution is -2.19. The Morgan fingerprint density at radius 1 is 0.474 bits per heavy atom. The van der Waals surface area contributed by atoms with E-state index in [0.717, 1.165) is 28.2 Å². The van der Waals surface area contributed by atoms with E-state index < -0.39 is 0 Å². The third kappa shape index (κ3) is 5.65. The van der Waals surface area contributed by atoms with Gasteiger partial charge in [-0.05, 0) is 126 Å². The number of nitrogens with zero attached hydrogens (tertiary/aromatic N) is 1. The summed E-state index contributed by atoms with van der Waals surface area (Å²) in [5.41, 5.74) is 21.2. The average Bonchev–Trinajstić information content (AvgIpc) is 3.69. The second-order valence-corrected chi connectivity index (χ2v) is 21.2. The van der Waals surface area contributed by atoms with Crippen LogP contribution in [0.2, 0.25) is 0 Å². The Hall–Kier alpha value is -5.08. The van der Waals surface area contributed by atoms with Gasteiger partial charge in [-0.3, -0.25) is 0 Å². The fourth-order valence-electron chi connectivity index (χ4n) is 9.90. The van der Waals surface area contributed by atoms with Crippen LogP contribution >= 0.6 is 0 Å². The van der Waals surface area contributed by atoms with Crippen LogP contribution in [0.5, 0.6) is 0 Å². The number of furan rings is 1. The van der Waals surface area contributed by atoms with Crippen LogP contribution in [-0.2, 0) is 27.1 Å². The number of hydrogen-bond acceptors (Lipinski definition) is 2. The highest BCUT2D eigenvalue weighted by Gasteiger charge is 2.39. The summed E-state index contributed by atoms with van der Waals surface area (Å²) in [7, 11) is 0. The van der Waals surface area contributed by atoms with Crippen molar-refractivity contribution in [2.24, 2.45) is 0 Å². The van der Waals surface area contributed by atoms with Gasteiger partial charge in [0.1, 0.15) is 11.2 Å². The van der Waals surface area contributed by atoms with Crippen molar-refractivity contribution < 1.29 is 4.42 Å². The van der Waals surface area contributed by atoms with E-state index in [-0.39, 0.29) is 27.1 Å². The Kier molecular flexibility index (Phi) is 7.88. The van der Waals surface area contributed by atoms with Crippen LogP contribution in [0.4, 0.5) is 17.1 Å². The molecule has 0 aliphatic heterocycles. The predicted octanol–water partition coefficient (Wildman–Crippen LogP) is 15.9. The number of benzene rings is 6.